The Morgan fingerprint density at radius 2 is 2.26 bits per heavy atom. The van der Waals surface area contributed by atoms with Crippen LogP contribution in [0.3, 0.4) is 0 Å². The first-order chi connectivity index (χ1) is 9.15. The quantitative estimate of drug-likeness (QED) is 0.812. The molecule has 1 aromatic carbocycles. The average Bonchev–Trinajstić information content (AvgIpc) is 2.90. The Bertz CT molecular complexity index is 418. The van der Waals surface area contributed by atoms with Gasteiger partial charge in [0.2, 0.25) is 5.91 Å². The molecule has 2 rings (SSSR count). The molecule has 1 saturated heterocycles. The number of benzene rings is 1. The fourth-order valence-electron chi connectivity index (χ4n) is 1.95. The van der Waals surface area contributed by atoms with Crippen molar-refractivity contribution in [3.8, 4) is 0 Å². The summed E-state index contributed by atoms with van der Waals surface area (Å²) in [4.78, 5) is 13.0. The van der Waals surface area contributed by atoms with Gasteiger partial charge in [-0.1, -0.05) is 6.92 Å². The van der Waals surface area contributed by atoms with E-state index in [0.29, 0.717) is 5.75 Å². The highest BCUT2D eigenvalue weighted by molar-refractivity contribution is 7.99. The maximum absolute atomic E-state index is 12.8. The van der Waals surface area contributed by atoms with Gasteiger partial charge in [-0.05, 0) is 37.2 Å². The van der Waals surface area contributed by atoms with Gasteiger partial charge in [-0.15, -0.1) is 11.8 Å². The van der Waals surface area contributed by atoms with Crippen LogP contribution < -0.4 is 10.6 Å². The van der Waals surface area contributed by atoms with Crippen LogP contribution in [-0.2, 0) is 4.79 Å². The van der Waals surface area contributed by atoms with Crippen molar-refractivity contribution in [3.63, 3.8) is 0 Å². The van der Waals surface area contributed by atoms with Gasteiger partial charge in [0, 0.05) is 29.2 Å². The van der Waals surface area contributed by atoms with Crippen molar-refractivity contribution in [2.75, 3.05) is 18.8 Å². The third-order valence-corrected chi connectivity index (χ3v) is 4.44. The smallest absolute Gasteiger partial charge is 0.223 e. The molecule has 0 aliphatic carbocycles. The van der Waals surface area contributed by atoms with Crippen molar-refractivity contribution in [1.29, 1.82) is 0 Å². The summed E-state index contributed by atoms with van der Waals surface area (Å²) in [5.74, 6) is 0.528. The van der Waals surface area contributed by atoms with Gasteiger partial charge in [0.1, 0.15) is 5.82 Å². The monoisotopic (exact) mass is 282 g/mol. The molecular formula is C14H19FN2OS. The normalized spacial score (nSPS) is 20.2. The van der Waals surface area contributed by atoms with E-state index in [1.807, 2.05) is 6.92 Å². The summed E-state index contributed by atoms with van der Waals surface area (Å²) in [5, 5.41) is 6.27. The number of amides is 1. The second kappa shape index (κ2) is 6.91. The molecule has 1 aliphatic heterocycles. The van der Waals surface area contributed by atoms with Gasteiger partial charge in [-0.25, -0.2) is 4.39 Å². The zero-order valence-electron chi connectivity index (χ0n) is 11.0. The van der Waals surface area contributed by atoms with E-state index >= 15 is 0 Å². The van der Waals surface area contributed by atoms with E-state index in [2.05, 4.69) is 10.6 Å². The molecular weight excluding hydrogens is 263 g/mol. The summed E-state index contributed by atoms with van der Waals surface area (Å²) < 4.78 is 12.8. The Kier molecular flexibility index (Phi) is 5.22. The Labute approximate surface area is 117 Å². The molecule has 1 amide bonds. The maximum atomic E-state index is 12.8. The number of hydrogen-bond donors (Lipinski definition) is 2. The number of halogens is 1. The SMILES string of the molecule is CC(CSc1ccc(F)cc1)C(=O)NC1CCNC1. The topological polar surface area (TPSA) is 41.1 Å². The summed E-state index contributed by atoms with van der Waals surface area (Å²) in [6, 6.07) is 6.64. The third-order valence-electron chi connectivity index (χ3n) is 3.17. The molecule has 2 unspecified atom stereocenters. The molecule has 19 heavy (non-hydrogen) atoms. The number of nitrogens with one attached hydrogen (secondary N) is 2. The van der Waals surface area contributed by atoms with Crippen molar-refractivity contribution < 1.29 is 9.18 Å². The molecule has 1 aliphatic rings. The van der Waals surface area contributed by atoms with E-state index in [9.17, 15) is 9.18 Å². The van der Waals surface area contributed by atoms with Crippen molar-refractivity contribution in [2.24, 2.45) is 5.92 Å². The van der Waals surface area contributed by atoms with Crippen molar-refractivity contribution in [2.45, 2.75) is 24.3 Å². The maximum Gasteiger partial charge on any atom is 0.223 e. The predicted molar refractivity (Wildman–Crippen MR) is 75.7 cm³/mol. The molecule has 0 aromatic heterocycles. The molecule has 0 spiro atoms. The molecule has 0 saturated carbocycles. The minimum atomic E-state index is -0.233. The van der Waals surface area contributed by atoms with Gasteiger partial charge in [0.05, 0.1) is 0 Å². The molecule has 1 fully saturated rings. The lowest BCUT2D eigenvalue weighted by Gasteiger charge is -2.16. The van der Waals surface area contributed by atoms with E-state index in [1.165, 1.54) is 12.1 Å². The summed E-state index contributed by atoms with van der Waals surface area (Å²) in [7, 11) is 0. The van der Waals surface area contributed by atoms with Gasteiger partial charge in [0.15, 0.2) is 0 Å². The van der Waals surface area contributed by atoms with Crippen molar-refractivity contribution in [3.05, 3.63) is 30.1 Å². The highest BCUT2D eigenvalue weighted by atomic mass is 32.2. The molecule has 104 valence electrons. The summed E-state index contributed by atoms with van der Waals surface area (Å²) in [6.45, 7) is 3.77. The molecule has 1 aromatic rings. The first-order valence-electron chi connectivity index (χ1n) is 6.54. The Balaban J connectivity index is 1.75. The lowest BCUT2D eigenvalue weighted by molar-refractivity contribution is -0.124. The van der Waals surface area contributed by atoms with Crippen LogP contribution in [0.1, 0.15) is 13.3 Å². The number of rotatable bonds is 5. The largest absolute Gasteiger partial charge is 0.352 e. The number of hydrogen-bond acceptors (Lipinski definition) is 3. The Morgan fingerprint density at radius 3 is 2.89 bits per heavy atom. The van der Waals surface area contributed by atoms with Crippen molar-refractivity contribution >= 4 is 17.7 Å². The van der Waals surface area contributed by atoms with Gasteiger partial charge < -0.3 is 10.6 Å². The molecule has 1 heterocycles. The Morgan fingerprint density at radius 1 is 1.53 bits per heavy atom. The van der Waals surface area contributed by atoms with Gasteiger partial charge in [-0.2, -0.15) is 0 Å². The number of carbonyl (C=O) groups is 1. The van der Waals surface area contributed by atoms with E-state index < -0.39 is 0 Å². The van der Waals surface area contributed by atoms with E-state index in [-0.39, 0.29) is 23.7 Å². The summed E-state index contributed by atoms with van der Waals surface area (Å²) in [6.07, 6.45) is 1.00. The van der Waals surface area contributed by atoms with Crippen LogP contribution in [0.15, 0.2) is 29.2 Å². The van der Waals surface area contributed by atoms with E-state index in [1.54, 1.807) is 23.9 Å². The van der Waals surface area contributed by atoms with Gasteiger partial charge in [0.25, 0.3) is 0 Å². The second-order valence-electron chi connectivity index (χ2n) is 4.86. The van der Waals surface area contributed by atoms with Gasteiger partial charge >= 0.3 is 0 Å². The average molecular weight is 282 g/mol. The molecule has 0 radical (unpaired) electrons. The lowest BCUT2D eigenvalue weighted by atomic mass is 10.2. The van der Waals surface area contributed by atoms with Gasteiger partial charge in [-0.3, -0.25) is 4.79 Å². The lowest BCUT2D eigenvalue weighted by Crippen LogP contribution is -2.39. The van der Waals surface area contributed by atoms with Crippen LogP contribution in [0.4, 0.5) is 4.39 Å². The molecule has 0 bridgehead atoms. The minimum Gasteiger partial charge on any atom is -0.352 e. The molecule has 2 atom stereocenters. The minimum absolute atomic E-state index is 0.0457. The molecule has 2 N–H and O–H groups in total. The number of carbonyl (C=O) groups excluding carboxylic acids is 1. The fraction of sp³-hybridized carbons (Fsp3) is 0.500. The highest BCUT2D eigenvalue weighted by Gasteiger charge is 2.20. The fourth-order valence-corrected chi connectivity index (χ4v) is 2.87. The van der Waals surface area contributed by atoms with Crippen LogP contribution in [0.2, 0.25) is 0 Å². The highest BCUT2D eigenvalue weighted by Crippen LogP contribution is 2.21. The summed E-state index contributed by atoms with van der Waals surface area (Å²) in [5.41, 5.74) is 0. The first-order valence-corrected chi connectivity index (χ1v) is 7.53. The zero-order chi connectivity index (χ0) is 13.7. The van der Waals surface area contributed by atoms with Crippen molar-refractivity contribution in [1.82, 2.24) is 10.6 Å². The Hall–Kier alpha value is -1.07. The standard InChI is InChI=1S/C14H19FN2OS/c1-10(14(18)17-12-6-7-16-8-12)9-19-13-4-2-11(15)3-5-13/h2-5,10,12,16H,6-9H2,1H3,(H,17,18). The molecule has 3 nitrogen and oxygen atoms in total. The van der Waals surface area contributed by atoms with Crippen LogP contribution in [-0.4, -0.2) is 30.8 Å². The van der Waals surface area contributed by atoms with Crippen LogP contribution >= 0.6 is 11.8 Å². The van der Waals surface area contributed by atoms with Crippen LogP contribution in [0.25, 0.3) is 0 Å². The van der Waals surface area contributed by atoms with Crippen LogP contribution in [0.5, 0.6) is 0 Å². The van der Waals surface area contributed by atoms with E-state index in [0.717, 1.165) is 24.4 Å². The predicted octanol–water partition coefficient (Wildman–Crippen LogP) is 2.03. The summed E-state index contributed by atoms with van der Waals surface area (Å²) >= 11 is 1.58. The number of thioether (sulfide) groups is 1. The van der Waals surface area contributed by atoms with Crippen LogP contribution in [0, 0.1) is 11.7 Å². The zero-order valence-corrected chi connectivity index (χ0v) is 11.8. The molecule has 5 heteroatoms. The third kappa shape index (κ3) is 4.51. The first kappa shape index (κ1) is 14.3. The second-order valence-corrected chi connectivity index (χ2v) is 5.96. The van der Waals surface area contributed by atoms with E-state index in [4.69, 9.17) is 0 Å².